The van der Waals surface area contributed by atoms with Crippen molar-refractivity contribution in [1.29, 1.82) is 0 Å². The number of carbonyl (C=O) groups excluding carboxylic acids is 1. The van der Waals surface area contributed by atoms with Gasteiger partial charge in [0.15, 0.2) is 0 Å². The summed E-state index contributed by atoms with van der Waals surface area (Å²) in [6, 6.07) is 7.91. The summed E-state index contributed by atoms with van der Waals surface area (Å²) in [5.74, 6) is 3.03. The zero-order valence-electron chi connectivity index (χ0n) is 15.8. The molecule has 4 rings (SSSR count). The van der Waals surface area contributed by atoms with E-state index in [1.807, 2.05) is 29.2 Å². The Balaban J connectivity index is 1.20. The Morgan fingerprint density at radius 1 is 1.15 bits per heavy atom. The Hall–Kier alpha value is -2.41. The Labute approximate surface area is 159 Å². The van der Waals surface area contributed by atoms with E-state index in [9.17, 15) is 4.79 Å². The minimum absolute atomic E-state index is 0.222. The number of amides is 1. The van der Waals surface area contributed by atoms with Gasteiger partial charge in [-0.15, -0.1) is 10.2 Å². The lowest BCUT2D eigenvalue weighted by Gasteiger charge is -2.34. The van der Waals surface area contributed by atoms with Crippen molar-refractivity contribution in [3.63, 3.8) is 0 Å². The van der Waals surface area contributed by atoms with Crippen molar-refractivity contribution < 1.29 is 13.9 Å². The summed E-state index contributed by atoms with van der Waals surface area (Å²) >= 11 is 0. The van der Waals surface area contributed by atoms with Gasteiger partial charge in [-0.1, -0.05) is 12.1 Å². The van der Waals surface area contributed by atoms with Gasteiger partial charge in [-0.3, -0.25) is 9.69 Å². The number of aryl methyl sites for hydroxylation is 1. The first-order valence-electron chi connectivity index (χ1n) is 9.66. The van der Waals surface area contributed by atoms with Gasteiger partial charge in [0.2, 0.25) is 17.7 Å². The predicted molar refractivity (Wildman–Crippen MR) is 99.4 cm³/mol. The number of benzene rings is 1. The highest BCUT2D eigenvalue weighted by Crippen LogP contribution is 2.39. The van der Waals surface area contributed by atoms with Crippen LogP contribution >= 0.6 is 0 Å². The molecular formula is C20H26N4O3. The van der Waals surface area contributed by atoms with Crippen LogP contribution in [0.15, 0.2) is 28.7 Å². The molecule has 1 amide bonds. The number of hydrogen-bond donors (Lipinski definition) is 0. The molecule has 0 bridgehead atoms. The first-order valence-corrected chi connectivity index (χ1v) is 9.66. The van der Waals surface area contributed by atoms with Crippen LogP contribution in [0.2, 0.25) is 0 Å². The summed E-state index contributed by atoms with van der Waals surface area (Å²) in [4.78, 5) is 16.7. The molecule has 2 heterocycles. The lowest BCUT2D eigenvalue weighted by molar-refractivity contribution is -0.133. The highest BCUT2D eigenvalue weighted by Gasteiger charge is 2.30. The number of hydrogen-bond acceptors (Lipinski definition) is 6. The molecule has 0 spiro atoms. The molecule has 2 aliphatic rings. The largest absolute Gasteiger partial charge is 0.497 e. The van der Waals surface area contributed by atoms with Crippen molar-refractivity contribution >= 4 is 5.91 Å². The molecule has 0 unspecified atom stereocenters. The van der Waals surface area contributed by atoms with Crippen molar-refractivity contribution in [2.45, 2.75) is 38.1 Å². The monoisotopic (exact) mass is 370 g/mol. The van der Waals surface area contributed by atoms with E-state index in [0.29, 0.717) is 24.8 Å². The second-order valence-corrected chi connectivity index (χ2v) is 7.31. The zero-order chi connectivity index (χ0) is 18.6. The maximum Gasteiger partial charge on any atom is 0.230 e. The number of piperazine rings is 1. The maximum absolute atomic E-state index is 12.5. The third-order valence-electron chi connectivity index (χ3n) is 5.28. The maximum atomic E-state index is 12.5. The number of carbonyl (C=O) groups is 1. The van der Waals surface area contributed by atoms with Gasteiger partial charge in [0.05, 0.1) is 13.7 Å². The second-order valence-electron chi connectivity index (χ2n) is 7.31. The van der Waals surface area contributed by atoms with Crippen molar-refractivity contribution in [2.75, 3.05) is 33.3 Å². The van der Waals surface area contributed by atoms with Crippen molar-refractivity contribution in [3.05, 3.63) is 41.6 Å². The highest BCUT2D eigenvalue weighted by molar-refractivity contribution is 5.76. The molecule has 7 heteroatoms. The molecule has 1 aromatic carbocycles. The predicted octanol–water partition coefficient (Wildman–Crippen LogP) is 2.23. The molecule has 1 aliphatic carbocycles. The molecule has 144 valence electrons. The number of nitrogens with zero attached hydrogens (tertiary/aromatic N) is 4. The fourth-order valence-corrected chi connectivity index (χ4v) is 3.37. The van der Waals surface area contributed by atoms with Gasteiger partial charge in [0.25, 0.3) is 0 Å². The van der Waals surface area contributed by atoms with Crippen molar-refractivity contribution in [2.24, 2.45) is 0 Å². The van der Waals surface area contributed by atoms with E-state index in [0.717, 1.165) is 49.8 Å². The van der Waals surface area contributed by atoms with Crippen molar-refractivity contribution in [3.8, 4) is 5.75 Å². The Morgan fingerprint density at radius 2 is 1.89 bits per heavy atom. The lowest BCUT2D eigenvalue weighted by Crippen LogP contribution is -2.48. The van der Waals surface area contributed by atoms with Gasteiger partial charge in [0, 0.05) is 38.5 Å². The van der Waals surface area contributed by atoms with Crippen LogP contribution in [0.5, 0.6) is 5.75 Å². The number of aromatic nitrogens is 2. The van der Waals surface area contributed by atoms with E-state index in [2.05, 4.69) is 15.1 Å². The second kappa shape index (κ2) is 8.08. The van der Waals surface area contributed by atoms with E-state index in [1.54, 1.807) is 7.11 Å². The topological polar surface area (TPSA) is 71.7 Å². The quantitative estimate of drug-likeness (QED) is 0.744. The molecule has 2 aromatic rings. The van der Waals surface area contributed by atoms with Crippen LogP contribution in [0.1, 0.15) is 42.5 Å². The minimum Gasteiger partial charge on any atom is -0.497 e. The third kappa shape index (κ3) is 4.66. The van der Waals surface area contributed by atoms with Gasteiger partial charge in [0.1, 0.15) is 5.75 Å². The van der Waals surface area contributed by atoms with Crippen LogP contribution in [0.25, 0.3) is 0 Å². The fourth-order valence-electron chi connectivity index (χ4n) is 3.37. The third-order valence-corrected chi connectivity index (χ3v) is 5.28. The average Bonchev–Trinajstić information content (AvgIpc) is 3.46. The summed E-state index contributed by atoms with van der Waals surface area (Å²) in [6.45, 7) is 3.87. The van der Waals surface area contributed by atoms with Gasteiger partial charge in [-0.2, -0.15) is 0 Å². The van der Waals surface area contributed by atoms with Crippen LogP contribution in [0, 0.1) is 0 Å². The summed E-state index contributed by atoms with van der Waals surface area (Å²) in [5.41, 5.74) is 1.16. The summed E-state index contributed by atoms with van der Waals surface area (Å²) in [5, 5.41) is 8.29. The lowest BCUT2D eigenvalue weighted by atomic mass is 10.1. The minimum atomic E-state index is 0.222. The Kier molecular flexibility index (Phi) is 5.38. The summed E-state index contributed by atoms with van der Waals surface area (Å²) < 4.78 is 10.9. The molecule has 0 radical (unpaired) electrons. The molecule has 7 nitrogen and oxygen atoms in total. The molecule has 0 N–H and O–H groups in total. The highest BCUT2D eigenvalue weighted by atomic mass is 16.5. The summed E-state index contributed by atoms with van der Waals surface area (Å²) in [7, 11) is 1.66. The SMILES string of the molecule is COc1ccc(CCC(=O)N2CCN(Cc3nnc(C4CC4)o3)CC2)cc1. The standard InChI is InChI=1S/C20H26N4O3/c1-26-17-7-2-15(3-8-17)4-9-19(25)24-12-10-23(11-13-24)14-18-21-22-20(27-18)16-5-6-16/h2-3,7-8,16H,4-6,9-14H2,1H3. The smallest absolute Gasteiger partial charge is 0.230 e. The molecule has 1 aromatic heterocycles. The molecular weight excluding hydrogens is 344 g/mol. The van der Waals surface area contributed by atoms with Gasteiger partial charge in [-0.05, 0) is 37.0 Å². The fraction of sp³-hybridized carbons (Fsp3) is 0.550. The van der Waals surface area contributed by atoms with Gasteiger partial charge >= 0.3 is 0 Å². The van der Waals surface area contributed by atoms with E-state index < -0.39 is 0 Å². The summed E-state index contributed by atoms with van der Waals surface area (Å²) in [6.07, 6.45) is 3.63. The van der Waals surface area contributed by atoms with Crippen LogP contribution in [-0.4, -0.2) is 59.2 Å². The van der Waals surface area contributed by atoms with E-state index >= 15 is 0 Å². The molecule has 1 saturated carbocycles. The molecule has 27 heavy (non-hydrogen) atoms. The molecule has 1 saturated heterocycles. The normalized spacial score (nSPS) is 17.9. The molecule has 0 atom stereocenters. The number of rotatable bonds is 7. The van der Waals surface area contributed by atoms with E-state index in [-0.39, 0.29) is 5.91 Å². The van der Waals surface area contributed by atoms with E-state index in [1.165, 1.54) is 12.8 Å². The van der Waals surface area contributed by atoms with Crippen LogP contribution in [0.4, 0.5) is 0 Å². The number of methoxy groups -OCH3 is 1. The Bertz CT molecular complexity index is 762. The van der Waals surface area contributed by atoms with Crippen molar-refractivity contribution in [1.82, 2.24) is 20.0 Å². The first kappa shape index (κ1) is 18.0. The molecule has 2 fully saturated rings. The van der Waals surface area contributed by atoms with Crippen LogP contribution < -0.4 is 4.74 Å². The van der Waals surface area contributed by atoms with Gasteiger partial charge in [-0.25, -0.2) is 0 Å². The number of ether oxygens (including phenoxy) is 1. The first-order chi connectivity index (χ1) is 13.2. The van der Waals surface area contributed by atoms with Crippen LogP contribution in [-0.2, 0) is 17.8 Å². The van der Waals surface area contributed by atoms with Crippen LogP contribution in [0.3, 0.4) is 0 Å². The molecule has 1 aliphatic heterocycles. The zero-order valence-corrected chi connectivity index (χ0v) is 15.8. The van der Waals surface area contributed by atoms with Gasteiger partial charge < -0.3 is 14.1 Å². The van der Waals surface area contributed by atoms with E-state index in [4.69, 9.17) is 9.15 Å². The average molecular weight is 370 g/mol. The Morgan fingerprint density at radius 3 is 2.56 bits per heavy atom.